The van der Waals surface area contributed by atoms with Crippen LogP contribution in [0.3, 0.4) is 0 Å². The van der Waals surface area contributed by atoms with E-state index in [0.717, 1.165) is 6.07 Å². The number of rotatable bonds is 2. The summed E-state index contributed by atoms with van der Waals surface area (Å²) < 4.78 is 89.6. The minimum atomic E-state index is -4.88. The second-order valence-electron chi connectivity index (χ2n) is 5.01. The first kappa shape index (κ1) is 17.1. The molecule has 0 unspecified atom stereocenters. The van der Waals surface area contributed by atoms with Crippen molar-refractivity contribution in [3.8, 4) is 0 Å². The van der Waals surface area contributed by atoms with Crippen LogP contribution in [0.2, 0.25) is 0 Å². The van der Waals surface area contributed by atoms with Crippen molar-refractivity contribution in [2.45, 2.75) is 29.5 Å². The van der Waals surface area contributed by atoms with Crippen LogP contribution in [0.25, 0.3) is 0 Å². The molecule has 0 bridgehead atoms. The van der Waals surface area contributed by atoms with Crippen molar-refractivity contribution >= 4 is 10.0 Å². The van der Waals surface area contributed by atoms with Crippen LogP contribution in [0.15, 0.2) is 23.1 Å². The molecule has 0 aliphatic carbocycles. The molecule has 1 aliphatic rings. The molecule has 2 rings (SSSR count). The topological polar surface area (TPSA) is 57.6 Å². The van der Waals surface area contributed by atoms with Gasteiger partial charge < -0.3 is 5.11 Å². The Bertz CT molecular complexity index is 666. The Morgan fingerprint density at radius 3 is 2.18 bits per heavy atom. The fourth-order valence-electron chi connectivity index (χ4n) is 2.19. The molecule has 1 heterocycles. The average molecular weight is 345 g/mol. The zero-order valence-corrected chi connectivity index (χ0v) is 11.9. The Kier molecular flexibility index (Phi) is 4.22. The SMILES string of the molecule is O=S(=O)(c1cc(F)ccc1F)N1CCC(O)(C(F)(F)F)CC1. The molecule has 0 amide bonds. The van der Waals surface area contributed by atoms with Gasteiger partial charge in [0, 0.05) is 13.1 Å². The van der Waals surface area contributed by atoms with E-state index in [1.165, 1.54) is 0 Å². The zero-order chi connectivity index (χ0) is 16.8. The molecule has 124 valence electrons. The van der Waals surface area contributed by atoms with E-state index in [1.807, 2.05) is 0 Å². The van der Waals surface area contributed by atoms with Crippen LogP contribution in [-0.2, 0) is 10.0 Å². The lowest BCUT2D eigenvalue weighted by atomic mass is 9.92. The number of piperidine rings is 1. The monoisotopic (exact) mass is 345 g/mol. The van der Waals surface area contributed by atoms with Crippen molar-refractivity contribution in [2.75, 3.05) is 13.1 Å². The third kappa shape index (κ3) is 2.95. The van der Waals surface area contributed by atoms with Crippen molar-refractivity contribution < 1.29 is 35.5 Å². The van der Waals surface area contributed by atoms with Gasteiger partial charge >= 0.3 is 6.18 Å². The van der Waals surface area contributed by atoms with Crippen LogP contribution in [0.5, 0.6) is 0 Å². The molecule has 0 atom stereocenters. The van der Waals surface area contributed by atoms with Gasteiger partial charge in [0.15, 0.2) is 5.60 Å². The maximum atomic E-state index is 13.6. The number of alkyl halides is 3. The second kappa shape index (κ2) is 5.43. The smallest absolute Gasteiger partial charge is 0.380 e. The second-order valence-corrected chi connectivity index (χ2v) is 6.91. The molecule has 0 aromatic heterocycles. The molecular formula is C12H12F5NO3S. The number of nitrogens with zero attached hydrogens (tertiary/aromatic N) is 1. The number of benzene rings is 1. The summed E-state index contributed by atoms with van der Waals surface area (Å²) >= 11 is 0. The van der Waals surface area contributed by atoms with Gasteiger partial charge in [0.05, 0.1) is 0 Å². The Balaban J connectivity index is 2.25. The largest absolute Gasteiger partial charge is 0.417 e. The zero-order valence-electron chi connectivity index (χ0n) is 11.1. The van der Waals surface area contributed by atoms with Crippen LogP contribution in [-0.4, -0.2) is 42.7 Å². The lowest BCUT2D eigenvalue weighted by Gasteiger charge is -2.38. The molecule has 0 spiro atoms. The van der Waals surface area contributed by atoms with Gasteiger partial charge in [-0.1, -0.05) is 0 Å². The van der Waals surface area contributed by atoms with Crippen LogP contribution in [0, 0.1) is 11.6 Å². The fraction of sp³-hybridized carbons (Fsp3) is 0.500. The number of sulfonamides is 1. The molecular weight excluding hydrogens is 333 g/mol. The van der Waals surface area contributed by atoms with Gasteiger partial charge in [-0.15, -0.1) is 0 Å². The van der Waals surface area contributed by atoms with E-state index in [-0.39, 0.29) is 0 Å². The fourth-order valence-corrected chi connectivity index (χ4v) is 3.71. The summed E-state index contributed by atoms with van der Waals surface area (Å²) in [7, 11) is -4.47. The molecule has 22 heavy (non-hydrogen) atoms. The van der Waals surface area contributed by atoms with Crippen molar-refractivity contribution in [1.82, 2.24) is 4.31 Å². The molecule has 0 saturated carbocycles. The Hall–Kier alpha value is -1.26. The highest BCUT2D eigenvalue weighted by Crippen LogP contribution is 2.39. The van der Waals surface area contributed by atoms with Gasteiger partial charge in [-0.25, -0.2) is 17.2 Å². The standard InChI is InChI=1S/C12H12F5NO3S/c13-8-1-2-9(14)10(7-8)22(20,21)18-5-3-11(19,4-6-18)12(15,16)17/h1-2,7,19H,3-6H2. The molecule has 4 nitrogen and oxygen atoms in total. The van der Waals surface area contributed by atoms with Gasteiger partial charge in [0.2, 0.25) is 10.0 Å². The average Bonchev–Trinajstić information content (AvgIpc) is 2.40. The van der Waals surface area contributed by atoms with Crippen molar-refractivity contribution in [3.05, 3.63) is 29.8 Å². The Labute approximate surface area is 123 Å². The van der Waals surface area contributed by atoms with Crippen molar-refractivity contribution in [1.29, 1.82) is 0 Å². The van der Waals surface area contributed by atoms with E-state index >= 15 is 0 Å². The summed E-state index contributed by atoms with van der Waals surface area (Å²) in [6.07, 6.45) is -6.62. The van der Waals surface area contributed by atoms with E-state index in [0.29, 0.717) is 16.4 Å². The van der Waals surface area contributed by atoms with Gasteiger partial charge in [0.25, 0.3) is 0 Å². The molecule has 0 radical (unpaired) electrons. The van der Waals surface area contributed by atoms with Crippen LogP contribution < -0.4 is 0 Å². The number of hydrogen-bond acceptors (Lipinski definition) is 3. The predicted octanol–water partition coefficient (Wildman–Crippen LogP) is 2.04. The first-order valence-corrected chi connectivity index (χ1v) is 7.66. The summed E-state index contributed by atoms with van der Waals surface area (Å²) in [4.78, 5) is -0.940. The van der Waals surface area contributed by atoms with Crippen LogP contribution in [0.4, 0.5) is 22.0 Å². The quantitative estimate of drug-likeness (QED) is 0.835. The molecule has 1 aromatic rings. The highest BCUT2D eigenvalue weighted by atomic mass is 32.2. The maximum absolute atomic E-state index is 13.6. The maximum Gasteiger partial charge on any atom is 0.417 e. The van der Waals surface area contributed by atoms with Gasteiger partial charge in [-0.3, -0.25) is 0 Å². The van der Waals surface area contributed by atoms with E-state index in [1.54, 1.807) is 0 Å². The summed E-state index contributed by atoms with van der Waals surface area (Å²) in [6, 6.07) is 1.82. The summed E-state index contributed by atoms with van der Waals surface area (Å²) in [5.74, 6) is -2.18. The van der Waals surface area contributed by atoms with Crippen LogP contribution >= 0.6 is 0 Å². The third-order valence-electron chi connectivity index (χ3n) is 3.59. The van der Waals surface area contributed by atoms with Crippen molar-refractivity contribution in [3.63, 3.8) is 0 Å². The molecule has 10 heteroatoms. The molecule has 1 saturated heterocycles. The highest BCUT2D eigenvalue weighted by molar-refractivity contribution is 7.89. The van der Waals surface area contributed by atoms with Gasteiger partial charge in [-0.2, -0.15) is 17.5 Å². The molecule has 1 fully saturated rings. The number of halogens is 5. The summed E-state index contributed by atoms with van der Waals surface area (Å²) in [5, 5.41) is 9.48. The summed E-state index contributed by atoms with van der Waals surface area (Å²) in [5.41, 5.74) is -2.97. The van der Waals surface area contributed by atoms with E-state index in [9.17, 15) is 35.5 Å². The molecule has 1 aromatic carbocycles. The minimum absolute atomic E-state index is 0.467. The first-order chi connectivity index (χ1) is 9.97. The molecule has 1 aliphatic heterocycles. The Morgan fingerprint density at radius 1 is 1.14 bits per heavy atom. The summed E-state index contributed by atoms with van der Waals surface area (Å²) in [6.45, 7) is -1.29. The highest BCUT2D eigenvalue weighted by Gasteiger charge is 2.55. The van der Waals surface area contributed by atoms with Gasteiger partial charge in [-0.05, 0) is 31.0 Å². The van der Waals surface area contributed by atoms with Gasteiger partial charge in [0.1, 0.15) is 16.5 Å². The van der Waals surface area contributed by atoms with Crippen LogP contribution in [0.1, 0.15) is 12.8 Å². The van der Waals surface area contributed by atoms with E-state index < -0.39 is 64.3 Å². The molecule has 1 N–H and O–H groups in total. The predicted molar refractivity (Wildman–Crippen MR) is 65.4 cm³/mol. The lowest BCUT2D eigenvalue weighted by molar-refractivity contribution is -0.270. The van der Waals surface area contributed by atoms with E-state index in [4.69, 9.17) is 0 Å². The van der Waals surface area contributed by atoms with Crippen molar-refractivity contribution in [2.24, 2.45) is 0 Å². The first-order valence-electron chi connectivity index (χ1n) is 6.22. The number of hydrogen-bond donors (Lipinski definition) is 1. The Morgan fingerprint density at radius 2 is 1.68 bits per heavy atom. The third-order valence-corrected chi connectivity index (χ3v) is 5.50. The minimum Gasteiger partial charge on any atom is -0.380 e. The lowest BCUT2D eigenvalue weighted by Crippen LogP contribution is -2.54. The number of aliphatic hydroxyl groups is 1. The van der Waals surface area contributed by atoms with E-state index in [2.05, 4.69) is 0 Å². The normalized spacial score (nSPS) is 20.1.